The molecule has 5 rings (SSSR count). The maximum Gasteiger partial charge on any atom is 0.270 e. The standard InChI is InChI=1S/C27H18N4O3S/c32-25-24(14-18-6-8-19(9-7-18)20-15-28-17-29-16-20)26(33)31(27(35)30-25)21-10-12-23(13-11-21)34-22-4-2-1-3-5-22/h1-17H,(H,30,32,35)/b24-14+. The van der Waals surface area contributed by atoms with E-state index in [1.54, 1.807) is 42.7 Å². The number of carbonyl (C=O) groups excluding carboxylic acids is 2. The summed E-state index contributed by atoms with van der Waals surface area (Å²) in [5.74, 6) is 0.268. The van der Waals surface area contributed by atoms with Gasteiger partial charge in [-0.3, -0.25) is 19.8 Å². The number of hydrogen-bond donors (Lipinski definition) is 1. The van der Waals surface area contributed by atoms with Gasteiger partial charge in [0, 0.05) is 18.0 Å². The minimum atomic E-state index is -0.541. The largest absolute Gasteiger partial charge is 0.457 e. The van der Waals surface area contributed by atoms with Gasteiger partial charge in [-0.1, -0.05) is 42.5 Å². The fourth-order valence-corrected chi connectivity index (χ4v) is 3.85. The monoisotopic (exact) mass is 478 g/mol. The Morgan fingerprint density at radius 2 is 1.46 bits per heavy atom. The molecule has 0 unspecified atom stereocenters. The summed E-state index contributed by atoms with van der Waals surface area (Å²) in [4.78, 5) is 35.2. The smallest absolute Gasteiger partial charge is 0.270 e. The van der Waals surface area contributed by atoms with E-state index in [9.17, 15) is 9.59 Å². The summed E-state index contributed by atoms with van der Waals surface area (Å²) < 4.78 is 5.81. The molecule has 1 aliphatic heterocycles. The number of carbonyl (C=O) groups is 2. The summed E-state index contributed by atoms with van der Waals surface area (Å²) in [6, 6.07) is 23.7. The number of nitrogens with one attached hydrogen (secondary N) is 1. The molecule has 0 bridgehead atoms. The molecule has 35 heavy (non-hydrogen) atoms. The summed E-state index contributed by atoms with van der Waals surface area (Å²) in [6.07, 6.45) is 6.45. The number of hydrogen-bond acceptors (Lipinski definition) is 6. The molecule has 170 valence electrons. The molecule has 1 aliphatic rings. The Kier molecular flexibility index (Phi) is 6.11. The van der Waals surface area contributed by atoms with Gasteiger partial charge in [0.15, 0.2) is 5.11 Å². The second kappa shape index (κ2) is 9.66. The van der Waals surface area contributed by atoms with Gasteiger partial charge in [0.05, 0.1) is 5.69 Å². The number of amides is 2. The summed E-state index contributed by atoms with van der Waals surface area (Å²) in [5.41, 5.74) is 3.00. The van der Waals surface area contributed by atoms with Crippen LogP contribution in [0.3, 0.4) is 0 Å². The van der Waals surface area contributed by atoms with Crippen molar-refractivity contribution in [3.05, 3.63) is 109 Å². The van der Waals surface area contributed by atoms with Crippen LogP contribution in [0, 0.1) is 0 Å². The maximum absolute atomic E-state index is 13.3. The number of ether oxygens (including phenoxy) is 1. The highest BCUT2D eigenvalue weighted by Gasteiger charge is 2.34. The van der Waals surface area contributed by atoms with Crippen LogP contribution in [0.1, 0.15) is 5.56 Å². The molecule has 1 aromatic heterocycles. The van der Waals surface area contributed by atoms with E-state index in [4.69, 9.17) is 17.0 Å². The van der Waals surface area contributed by atoms with Crippen LogP contribution in [0.4, 0.5) is 5.69 Å². The van der Waals surface area contributed by atoms with E-state index < -0.39 is 11.8 Å². The van der Waals surface area contributed by atoms with Crippen molar-refractivity contribution in [2.75, 3.05) is 4.90 Å². The Hall–Kier alpha value is -4.69. The van der Waals surface area contributed by atoms with E-state index >= 15 is 0 Å². The molecule has 8 heteroatoms. The molecule has 1 N–H and O–H groups in total. The first-order chi connectivity index (χ1) is 17.1. The van der Waals surface area contributed by atoms with Crippen LogP contribution in [-0.2, 0) is 9.59 Å². The summed E-state index contributed by atoms with van der Waals surface area (Å²) in [6.45, 7) is 0. The van der Waals surface area contributed by atoms with Crippen LogP contribution in [0.2, 0.25) is 0 Å². The molecule has 0 aliphatic carbocycles. The van der Waals surface area contributed by atoms with Gasteiger partial charge >= 0.3 is 0 Å². The van der Waals surface area contributed by atoms with Crippen LogP contribution in [0.5, 0.6) is 11.5 Å². The third-order valence-electron chi connectivity index (χ3n) is 5.29. The number of thiocarbonyl (C=S) groups is 1. The Morgan fingerprint density at radius 3 is 2.14 bits per heavy atom. The van der Waals surface area contributed by atoms with Crippen LogP contribution in [0.25, 0.3) is 17.2 Å². The van der Waals surface area contributed by atoms with E-state index in [1.165, 1.54) is 11.2 Å². The maximum atomic E-state index is 13.3. The fourth-order valence-electron chi connectivity index (χ4n) is 3.57. The molecular weight excluding hydrogens is 460 g/mol. The van der Waals surface area contributed by atoms with Crippen molar-refractivity contribution in [2.45, 2.75) is 0 Å². The highest BCUT2D eigenvalue weighted by Crippen LogP contribution is 2.27. The molecule has 3 aromatic carbocycles. The van der Waals surface area contributed by atoms with Crippen molar-refractivity contribution in [2.24, 2.45) is 0 Å². The predicted octanol–water partition coefficient (Wildman–Crippen LogP) is 4.77. The molecule has 2 amide bonds. The summed E-state index contributed by atoms with van der Waals surface area (Å²) >= 11 is 5.29. The number of benzene rings is 3. The van der Waals surface area contributed by atoms with Gasteiger partial charge in [-0.25, -0.2) is 9.97 Å². The zero-order chi connectivity index (χ0) is 24.2. The zero-order valence-corrected chi connectivity index (χ0v) is 19.1. The fraction of sp³-hybridized carbons (Fsp3) is 0. The van der Waals surface area contributed by atoms with E-state index in [2.05, 4.69) is 15.3 Å². The first-order valence-corrected chi connectivity index (χ1v) is 11.1. The van der Waals surface area contributed by atoms with Gasteiger partial charge in [-0.2, -0.15) is 0 Å². The molecular formula is C27H18N4O3S. The van der Waals surface area contributed by atoms with Crippen molar-refractivity contribution in [1.82, 2.24) is 15.3 Å². The first kappa shape index (κ1) is 22.1. The van der Waals surface area contributed by atoms with Crippen LogP contribution >= 0.6 is 12.2 Å². The normalized spacial score (nSPS) is 14.7. The molecule has 1 fully saturated rings. The van der Waals surface area contributed by atoms with Gasteiger partial charge < -0.3 is 4.74 Å². The quantitative estimate of drug-likeness (QED) is 0.253. The van der Waals surface area contributed by atoms with E-state index in [-0.39, 0.29) is 10.7 Å². The Balaban J connectivity index is 1.38. The minimum Gasteiger partial charge on any atom is -0.457 e. The van der Waals surface area contributed by atoms with Crippen molar-refractivity contribution < 1.29 is 14.3 Å². The van der Waals surface area contributed by atoms with Gasteiger partial charge in [0.25, 0.3) is 11.8 Å². The molecule has 2 heterocycles. The highest BCUT2D eigenvalue weighted by atomic mass is 32.1. The Morgan fingerprint density at radius 1 is 0.800 bits per heavy atom. The van der Waals surface area contributed by atoms with Crippen molar-refractivity contribution in [3.8, 4) is 22.6 Å². The lowest BCUT2D eigenvalue weighted by molar-refractivity contribution is -0.122. The number of nitrogens with zero attached hydrogens (tertiary/aromatic N) is 3. The lowest BCUT2D eigenvalue weighted by Gasteiger charge is -2.29. The topological polar surface area (TPSA) is 84.4 Å². The van der Waals surface area contributed by atoms with Gasteiger partial charge in [0.1, 0.15) is 23.4 Å². The predicted molar refractivity (Wildman–Crippen MR) is 137 cm³/mol. The Bertz CT molecular complexity index is 1420. The lowest BCUT2D eigenvalue weighted by Crippen LogP contribution is -2.54. The average molecular weight is 479 g/mol. The first-order valence-electron chi connectivity index (χ1n) is 10.7. The van der Waals surface area contributed by atoms with Crippen molar-refractivity contribution >= 4 is 40.9 Å². The minimum absolute atomic E-state index is 0.0148. The van der Waals surface area contributed by atoms with Gasteiger partial charge in [0.2, 0.25) is 0 Å². The van der Waals surface area contributed by atoms with E-state index in [0.29, 0.717) is 22.7 Å². The molecule has 0 atom stereocenters. The zero-order valence-electron chi connectivity index (χ0n) is 18.3. The lowest BCUT2D eigenvalue weighted by atomic mass is 10.0. The SMILES string of the molecule is O=C1NC(=S)N(c2ccc(Oc3ccccc3)cc2)C(=O)/C1=C/c1ccc(-c2cncnc2)cc1. The van der Waals surface area contributed by atoms with E-state index in [0.717, 1.165) is 11.1 Å². The molecule has 7 nitrogen and oxygen atoms in total. The third-order valence-corrected chi connectivity index (χ3v) is 5.58. The van der Waals surface area contributed by atoms with Crippen LogP contribution < -0.4 is 15.0 Å². The number of aromatic nitrogens is 2. The Labute approximate surface area is 206 Å². The molecule has 0 radical (unpaired) electrons. The molecule has 0 spiro atoms. The molecule has 4 aromatic rings. The van der Waals surface area contributed by atoms with Crippen molar-refractivity contribution in [3.63, 3.8) is 0 Å². The van der Waals surface area contributed by atoms with Gasteiger partial charge in [-0.05, 0) is 65.8 Å². The van der Waals surface area contributed by atoms with Crippen molar-refractivity contribution in [1.29, 1.82) is 0 Å². The van der Waals surface area contributed by atoms with Crippen LogP contribution in [-0.4, -0.2) is 26.9 Å². The summed E-state index contributed by atoms with van der Waals surface area (Å²) in [5, 5.41) is 2.62. The highest BCUT2D eigenvalue weighted by molar-refractivity contribution is 7.80. The number of rotatable bonds is 5. The number of anilines is 1. The molecule has 1 saturated heterocycles. The second-order valence-corrected chi connectivity index (χ2v) is 8.00. The van der Waals surface area contributed by atoms with E-state index in [1.807, 2.05) is 54.6 Å². The second-order valence-electron chi connectivity index (χ2n) is 7.62. The molecule has 0 saturated carbocycles. The summed E-state index contributed by atoms with van der Waals surface area (Å²) in [7, 11) is 0. The number of para-hydroxylation sites is 1. The average Bonchev–Trinajstić information content (AvgIpc) is 2.89. The third kappa shape index (κ3) is 4.83. The van der Waals surface area contributed by atoms with Gasteiger partial charge in [-0.15, -0.1) is 0 Å². The van der Waals surface area contributed by atoms with Crippen LogP contribution in [0.15, 0.2) is 103 Å².